The summed E-state index contributed by atoms with van der Waals surface area (Å²) >= 11 is 0. The number of benzene rings is 1. The van der Waals surface area contributed by atoms with Crippen LogP contribution in [0.1, 0.15) is 66.4 Å². The van der Waals surface area contributed by atoms with Crippen molar-refractivity contribution in [2.24, 2.45) is 0 Å². The smallest absolute Gasteiger partial charge is 0.251 e. The van der Waals surface area contributed by atoms with E-state index in [2.05, 4.69) is 19.2 Å². The average Bonchev–Trinajstić information content (AvgIpc) is 2.35. The minimum absolute atomic E-state index is 0.0914. The zero-order chi connectivity index (χ0) is 13.7. The van der Waals surface area contributed by atoms with E-state index in [1.54, 1.807) is 0 Å². The van der Waals surface area contributed by atoms with Crippen LogP contribution in [-0.4, -0.2) is 11.9 Å². The van der Waals surface area contributed by atoms with E-state index in [0.29, 0.717) is 6.04 Å². The van der Waals surface area contributed by atoms with Gasteiger partial charge in [0.1, 0.15) is 0 Å². The summed E-state index contributed by atoms with van der Waals surface area (Å²) in [6.07, 6.45) is 8.76. The monoisotopic (exact) mass is 259 g/mol. The highest BCUT2D eigenvalue weighted by Gasteiger charge is 2.15. The number of amides is 1. The van der Waals surface area contributed by atoms with Crippen molar-refractivity contribution < 1.29 is 4.79 Å². The molecular formula is C17H25NO. The quantitative estimate of drug-likeness (QED) is 0.849. The molecule has 0 bridgehead atoms. The second kappa shape index (κ2) is 6.74. The first-order valence-corrected chi connectivity index (χ1v) is 7.55. The van der Waals surface area contributed by atoms with Crippen LogP contribution in [0.5, 0.6) is 0 Å². The molecule has 0 atom stereocenters. The summed E-state index contributed by atoms with van der Waals surface area (Å²) in [6.45, 7) is 4.13. The molecule has 0 saturated heterocycles. The standard InChI is InChI=1S/C17H25NO/c1-13-10-11-15(12-14(13)2)17(19)18-16-8-6-4-3-5-7-9-16/h10-12,16H,3-9H2,1-2H3,(H,18,19). The van der Waals surface area contributed by atoms with Gasteiger partial charge in [-0.25, -0.2) is 0 Å². The topological polar surface area (TPSA) is 29.1 Å². The van der Waals surface area contributed by atoms with Crippen molar-refractivity contribution in [3.8, 4) is 0 Å². The lowest BCUT2D eigenvalue weighted by Crippen LogP contribution is -2.35. The molecule has 1 aromatic carbocycles. The SMILES string of the molecule is Cc1ccc(C(=O)NC2CCCCCCC2)cc1C. The average molecular weight is 259 g/mol. The Morgan fingerprint density at radius 3 is 2.26 bits per heavy atom. The van der Waals surface area contributed by atoms with E-state index in [9.17, 15) is 4.79 Å². The molecule has 0 heterocycles. The first kappa shape index (κ1) is 14.1. The zero-order valence-electron chi connectivity index (χ0n) is 12.2. The van der Waals surface area contributed by atoms with E-state index in [1.165, 1.54) is 43.2 Å². The van der Waals surface area contributed by atoms with Crippen LogP contribution < -0.4 is 5.32 Å². The van der Waals surface area contributed by atoms with E-state index in [1.807, 2.05) is 18.2 Å². The van der Waals surface area contributed by atoms with Crippen LogP contribution in [0.3, 0.4) is 0 Å². The van der Waals surface area contributed by atoms with E-state index in [0.717, 1.165) is 18.4 Å². The fourth-order valence-corrected chi connectivity index (χ4v) is 2.75. The summed E-state index contributed by atoms with van der Waals surface area (Å²) in [5.41, 5.74) is 3.22. The minimum atomic E-state index is 0.0914. The lowest BCUT2D eigenvalue weighted by Gasteiger charge is -2.21. The molecule has 1 aliphatic rings. The van der Waals surface area contributed by atoms with Crippen molar-refractivity contribution in [3.05, 3.63) is 34.9 Å². The molecule has 2 nitrogen and oxygen atoms in total. The van der Waals surface area contributed by atoms with Gasteiger partial charge >= 0.3 is 0 Å². The van der Waals surface area contributed by atoms with E-state index in [4.69, 9.17) is 0 Å². The largest absolute Gasteiger partial charge is 0.349 e. The fourth-order valence-electron chi connectivity index (χ4n) is 2.75. The number of carbonyl (C=O) groups is 1. The molecule has 0 aliphatic heterocycles. The van der Waals surface area contributed by atoms with E-state index >= 15 is 0 Å². The summed E-state index contributed by atoms with van der Waals surface area (Å²) in [5, 5.41) is 3.21. The fraction of sp³-hybridized carbons (Fsp3) is 0.588. The van der Waals surface area contributed by atoms with Gasteiger partial charge in [-0.15, -0.1) is 0 Å². The molecule has 0 aromatic heterocycles. The van der Waals surface area contributed by atoms with Crippen LogP contribution in [0.25, 0.3) is 0 Å². The second-order valence-corrected chi connectivity index (χ2v) is 5.81. The van der Waals surface area contributed by atoms with Gasteiger partial charge in [0.2, 0.25) is 0 Å². The maximum atomic E-state index is 12.3. The molecule has 1 fully saturated rings. The summed E-state index contributed by atoms with van der Waals surface area (Å²) in [7, 11) is 0. The number of hydrogen-bond donors (Lipinski definition) is 1. The Morgan fingerprint density at radius 1 is 1.00 bits per heavy atom. The first-order valence-electron chi connectivity index (χ1n) is 7.55. The first-order chi connectivity index (χ1) is 9.16. The Labute approximate surface area is 116 Å². The van der Waals surface area contributed by atoms with Crippen LogP contribution >= 0.6 is 0 Å². The van der Waals surface area contributed by atoms with Gasteiger partial charge in [-0.1, -0.05) is 38.2 Å². The Morgan fingerprint density at radius 2 is 1.63 bits per heavy atom. The summed E-state index contributed by atoms with van der Waals surface area (Å²) in [4.78, 5) is 12.3. The van der Waals surface area contributed by atoms with Gasteiger partial charge in [-0.2, -0.15) is 0 Å². The minimum Gasteiger partial charge on any atom is -0.349 e. The van der Waals surface area contributed by atoms with Gasteiger partial charge in [0.25, 0.3) is 5.91 Å². The Kier molecular flexibility index (Phi) is 5.00. The van der Waals surface area contributed by atoms with Crippen molar-refractivity contribution >= 4 is 5.91 Å². The predicted octanol–water partition coefficient (Wildman–Crippen LogP) is 4.15. The van der Waals surface area contributed by atoms with Gasteiger partial charge in [0.15, 0.2) is 0 Å². The molecule has 0 radical (unpaired) electrons. The molecule has 19 heavy (non-hydrogen) atoms. The summed E-state index contributed by atoms with van der Waals surface area (Å²) in [5.74, 6) is 0.0914. The van der Waals surface area contributed by atoms with Gasteiger partial charge in [-0.05, 0) is 49.9 Å². The highest BCUT2D eigenvalue weighted by molar-refractivity contribution is 5.94. The molecule has 0 unspecified atom stereocenters. The Hall–Kier alpha value is -1.31. The molecule has 1 aromatic rings. The van der Waals surface area contributed by atoms with Crippen molar-refractivity contribution in [3.63, 3.8) is 0 Å². The number of nitrogens with one attached hydrogen (secondary N) is 1. The molecule has 1 saturated carbocycles. The normalized spacial score (nSPS) is 17.6. The van der Waals surface area contributed by atoms with E-state index in [-0.39, 0.29) is 5.91 Å². The van der Waals surface area contributed by atoms with Crippen molar-refractivity contribution in [1.82, 2.24) is 5.32 Å². The molecular weight excluding hydrogens is 234 g/mol. The molecule has 2 rings (SSSR count). The summed E-state index contributed by atoms with van der Waals surface area (Å²) < 4.78 is 0. The molecule has 1 amide bonds. The van der Waals surface area contributed by atoms with Crippen LogP contribution in [-0.2, 0) is 0 Å². The second-order valence-electron chi connectivity index (χ2n) is 5.81. The lowest BCUT2D eigenvalue weighted by molar-refractivity contribution is 0.0930. The number of carbonyl (C=O) groups excluding carboxylic acids is 1. The third kappa shape index (κ3) is 4.09. The highest BCUT2D eigenvalue weighted by Crippen LogP contribution is 2.18. The molecule has 0 spiro atoms. The zero-order valence-corrected chi connectivity index (χ0v) is 12.2. The number of aryl methyl sites for hydroxylation is 2. The lowest BCUT2D eigenvalue weighted by atomic mass is 9.96. The number of hydrogen-bond acceptors (Lipinski definition) is 1. The number of rotatable bonds is 2. The van der Waals surface area contributed by atoms with Crippen molar-refractivity contribution in [2.75, 3.05) is 0 Å². The molecule has 2 heteroatoms. The molecule has 1 aliphatic carbocycles. The van der Waals surface area contributed by atoms with Gasteiger partial charge in [0, 0.05) is 11.6 Å². The van der Waals surface area contributed by atoms with Crippen LogP contribution in [0.2, 0.25) is 0 Å². The summed E-state index contributed by atoms with van der Waals surface area (Å²) in [6, 6.07) is 6.32. The van der Waals surface area contributed by atoms with Gasteiger partial charge in [-0.3, -0.25) is 4.79 Å². The van der Waals surface area contributed by atoms with E-state index < -0.39 is 0 Å². The maximum absolute atomic E-state index is 12.3. The van der Waals surface area contributed by atoms with Crippen LogP contribution in [0.4, 0.5) is 0 Å². The third-order valence-electron chi connectivity index (χ3n) is 4.21. The Bertz CT molecular complexity index is 431. The Balaban J connectivity index is 1.96. The molecule has 104 valence electrons. The molecule has 1 N–H and O–H groups in total. The highest BCUT2D eigenvalue weighted by atomic mass is 16.1. The van der Waals surface area contributed by atoms with Crippen LogP contribution in [0, 0.1) is 13.8 Å². The predicted molar refractivity (Wildman–Crippen MR) is 79.5 cm³/mol. The van der Waals surface area contributed by atoms with Gasteiger partial charge < -0.3 is 5.32 Å². The van der Waals surface area contributed by atoms with Crippen molar-refractivity contribution in [2.45, 2.75) is 64.8 Å². The third-order valence-corrected chi connectivity index (χ3v) is 4.21. The van der Waals surface area contributed by atoms with Crippen molar-refractivity contribution in [1.29, 1.82) is 0 Å². The van der Waals surface area contributed by atoms with Crippen LogP contribution in [0.15, 0.2) is 18.2 Å². The maximum Gasteiger partial charge on any atom is 0.251 e. The van der Waals surface area contributed by atoms with Gasteiger partial charge in [0.05, 0.1) is 0 Å².